The van der Waals surface area contributed by atoms with Crippen LogP contribution in [0.15, 0.2) is 54.7 Å². The monoisotopic (exact) mass is 362 g/mol. The summed E-state index contributed by atoms with van der Waals surface area (Å²) in [5.41, 5.74) is 2.85. The minimum Gasteiger partial charge on any atom is -0.465 e. The summed E-state index contributed by atoms with van der Waals surface area (Å²) in [6.07, 6.45) is 1.74. The number of carbonyl (C=O) groups excluding carboxylic acids is 3. The van der Waals surface area contributed by atoms with Crippen molar-refractivity contribution >= 4 is 28.7 Å². The number of hydrogen-bond acceptors (Lipinski definition) is 4. The molecule has 6 heteroatoms. The minimum atomic E-state index is -0.504. The van der Waals surface area contributed by atoms with Crippen molar-refractivity contribution < 1.29 is 19.1 Å². The molecule has 0 radical (unpaired) electrons. The van der Waals surface area contributed by atoms with Gasteiger partial charge in [0.1, 0.15) is 0 Å². The number of H-pyrrole nitrogens is 1. The Morgan fingerprint density at radius 3 is 2.70 bits per heavy atom. The highest BCUT2D eigenvalue weighted by atomic mass is 16.5. The second-order valence-electron chi connectivity index (χ2n) is 6.56. The topological polar surface area (TPSA) is 79.5 Å². The van der Waals surface area contributed by atoms with Gasteiger partial charge in [-0.25, -0.2) is 4.79 Å². The Bertz CT molecular complexity index is 1040. The molecule has 3 aromatic rings. The van der Waals surface area contributed by atoms with Crippen LogP contribution in [0.3, 0.4) is 0 Å². The molecule has 1 fully saturated rings. The van der Waals surface area contributed by atoms with Crippen LogP contribution in [0, 0.1) is 0 Å². The fraction of sp³-hybridized carbons (Fsp3) is 0.190. The number of nitrogens with zero attached hydrogens (tertiary/aromatic N) is 1. The van der Waals surface area contributed by atoms with Crippen LogP contribution >= 0.6 is 0 Å². The van der Waals surface area contributed by atoms with E-state index >= 15 is 0 Å². The first-order chi connectivity index (χ1) is 13.1. The van der Waals surface area contributed by atoms with E-state index in [-0.39, 0.29) is 24.8 Å². The number of imide groups is 1. The summed E-state index contributed by atoms with van der Waals surface area (Å²) in [5, 5.41) is 0.725. The van der Waals surface area contributed by atoms with Gasteiger partial charge in [-0.15, -0.1) is 0 Å². The molecule has 4 rings (SSSR count). The van der Waals surface area contributed by atoms with Gasteiger partial charge in [-0.05, 0) is 17.2 Å². The number of esters is 1. The van der Waals surface area contributed by atoms with Crippen LogP contribution in [0.25, 0.3) is 10.9 Å². The number of amides is 2. The Morgan fingerprint density at radius 1 is 1.19 bits per heavy atom. The van der Waals surface area contributed by atoms with E-state index < -0.39 is 11.9 Å². The maximum Gasteiger partial charge on any atom is 0.340 e. The average molecular weight is 362 g/mol. The fourth-order valence-corrected chi connectivity index (χ4v) is 3.52. The number of carbonyl (C=O) groups is 3. The number of ether oxygens (including phenoxy) is 1. The van der Waals surface area contributed by atoms with Gasteiger partial charge < -0.3 is 9.72 Å². The number of methoxy groups -OCH3 is 1. The predicted molar refractivity (Wildman–Crippen MR) is 99.0 cm³/mol. The first-order valence-electron chi connectivity index (χ1n) is 8.66. The van der Waals surface area contributed by atoms with E-state index in [2.05, 4.69) is 4.98 Å². The molecule has 2 amide bonds. The molecule has 1 aromatic heterocycles. The van der Waals surface area contributed by atoms with E-state index in [1.807, 2.05) is 36.4 Å². The van der Waals surface area contributed by atoms with Crippen molar-refractivity contribution in [2.24, 2.45) is 0 Å². The van der Waals surface area contributed by atoms with Crippen molar-refractivity contribution in [3.05, 3.63) is 71.4 Å². The highest BCUT2D eigenvalue weighted by molar-refractivity contribution is 6.07. The van der Waals surface area contributed by atoms with Crippen molar-refractivity contribution in [3.8, 4) is 0 Å². The van der Waals surface area contributed by atoms with Crippen LogP contribution < -0.4 is 0 Å². The molecule has 27 heavy (non-hydrogen) atoms. The zero-order valence-corrected chi connectivity index (χ0v) is 14.8. The Kier molecular flexibility index (Phi) is 4.24. The number of aromatic nitrogens is 1. The third kappa shape index (κ3) is 2.99. The fourth-order valence-electron chi connectivity index (χ4n) is 3.52. The van der Waals surface area contributed by atoms with Gasteiger partial charge in [0, 0.05) is 23.5 Å². The van der Waals surface area contributed by atoms with Gasteiger partial charge in [0.25, 0.3) is 0 Å². The van der Waals surface area contributed by atoms with Crippen LogP contribution in [0.2, 0.25) is 0 Å². The lowest BCUT2D eigenvalue weighted by Crippen LogP contribution is -2.29. The van der Waals surface area contributed by atoms with Crippen LogP contribution in [-0.2, 0) is 20.9 Å². The molecule has 0 saturated carbocycles. The Morgan fingerprint density at radius 2 is 1.96 bits per heavy atom. The largest absolute Gasteiger partial charge is 0.465 e. The number of aromatic amines is 1. The highest BCUT2D eigenvalue weighted by Crippen LogP contribution is 2.33. The summed E-state index contributed by atoms with van der Waals surface area (Å²) >= 11 is 0. The molecule has 1 saturated heterocycles. The molecule has 1 aliphatic heterocycles. The molecule has 136 valence electrons. The van der Waals surface area contributed by atoms with E-state index in [4.69, 9.17) is 4.74 Å². The lowest BCUT2D eigenvalue weighted by atomic mass is 9.96. The summed E-state index contributed by atoms with van der Waals surface area (Å²) in [4.78, 5) is 41.4. The number of fused-ring (bicyclic) bond motifs is 1. The van der Waals surface area contributed by atoms with Gasteiger partial charge in [-0.3, -0.25) is 14.5 Å². The van der Waals surface area contributed by atoms with Crippen molar-refractivity contribution in [1.29, 1.82) is 0 Å². The zero-order valence-electron chi connectivity index (χ0n) is 14.8. The highest BCUT2D eigenvalue weighted by Gasteiger charge is 2.39. The molecule has 1 aliphatic rings. The van der Waals surface area contributed by atoms with Gasteiger partial charge in [0.05, 0.1) is 25.1 Å². The SMILES string of the molecule is COC(=O)c1c[nH]c2cc(C3CC(=O)N(Cc4ccccc4)C3=O)ccc12. The maximum absolute atomic E-state index is 12.8. The summed E-state index contributed by atoms with van der Waals surface area (Å²) in [6.45, 7) is 0.284. The van der Waals surface area contributed by atoms with Crippen molar-refractivity contribution in [2.75, 3.05) is 7.11 Å². The molecule has 1 atom stereocenters. The number of likely N-dealkylation sites (tertiary alicyclic amines) is 1. The first-order valence-corrected chi connectivity index (χ1v) is 8.66. The van der Waals surface area contributed by atoms with E-state index in [0.717, 1.165) is 22.0 Å². The van der Waals surface area contributed by atoms with Crippen molar-refractivity contribution in [1.82, 2.24) is 9.88 Å². The lowest BCUT2D eigenvalue weighted by molar-refractivity contribution is -0.139. The third-order valence-corrected chi connectivity index (χ3v) is 4.94. The Hall–Kier alpha value is -3.41. The van der Waals surface area contributed by atoms with Crippen LogP contribution in [-0.4, -0.2) is 34.8 Å². The smallest absolute Gasteiger partial charge is 0.340 e. The molecule has 0 aliphatic carbocycles. The molecule has 2 aromatic carbocycles. The van der Waals surface area contributed by atoms with E-state index in [1.165, 1.54) is 12.0 Å². The van der Waals surface area contributed by atoms with Gasteiger partial charge in [0.15, 0.2) is 0 Å². The standard InChI is InChI=1S/C21H18N2O4/c1-27-21(26)17-11-22-18-9-14(7-8-15(17)18)16-10-19(24)23(20(16)25)12-13-5-3-2-4-6-13/h2-9,11,16,22H,10,12H2,1H3. The Balaban J connectivity index is 1.61. The van der Waals surface area contributed by atoms with Gasteiger partial charge in [0.2, 0.25) is 11.8 Å². The van der Waals surface area contributed by atoms with E-state index in [1.54, 1.807) is 18.3 Å². The van der Waals surface area contributed by atoms with E-state index in [0.29, 0.717) is 5.56 Å². The summed E-state index contributed by atoms with van der Waals surface area (Å²) in [5.74, 6) is -1.29. The predicted octanol–water partition coefficient (Wildman–Crippen LogP) is 3.00. The summed E-state index contributed by atoms with van der Waals surface area (Å²) in [6, 6.07) is 14.9. The lowest BCUT2D eigenvalue weighted by Gasteiger charge is -2.15. The molecule has 0 bridgehead atoms. The van der Waals surface area contributed by atoms with Gasteiger partial charge in [-0.2, -0.15) is 0 Å². The normalized spacial score (nSPS) is 16.9. The third-order valence-electron chi connectivity index (χ3n) is 4.94. The summed E-state index contributed by atoms with van der Waals surface area (Å²) in [7, 11) is 1.33. The minimum absolute atomic E-state index is 0.155. The molecular weight excluding hydrogens is 344 g/mol. The van der Waals surface area contributed by atoms with Crippen LogP contribution in [0.1, 0.15) is 33.8 Å². The van der Waals surface area contributed by atoms with Gasteiger partial charge >= 0.3 is 5.97 Å². The first kappa shape index (κ1) is 17.0. The number of hydrogen-bond donors (Lipinski definition) is 1. The molecular formula is C21H18N2O4. The molecule has 2 heterocycles. The maximum atomic E-state index is 12.8. The van der Waals surface area contributed by atoms with E-state index in [9.17, 15) is 14.4 Å². The van der Waals surface area contributed by atoms with Crippen LogP contribution in [0.4, 0.5) is 0 Å². The number of benzene rings is 2. The Labute approximate surface area is 155 Å². The molecule has 1 N–H and O–H groups in total. The van der Waals surface area contributed by atoms with Crippen molar-refractivity contribution in [2.45, 2.75) is 18.9 Å². The second kappa shape index (κ2) is 6.72. The average Bonchev–Trinajstić information content (AvgIpc) is 3.24. The number of nitrogens with one attached hydrogen (secondary N) is 1. The second-order valence-corrected chi connectivity index (χ2v) is 6.56. The molecule has 1 unspecified atom stereocenters. The van der Waals surface area contributed by atoms with Gasteiger partial charge in [-0.1, -0.05) is 42.5 Å². The zero-order chi connectivity index (χ0) is 19.0. The molecule has 0 spiro atoms. The van der Waals surface area contributed by atoms with Crippen LogP contribution in [0.5, 0.6) is 0 Å². The van der Waals surface area contributed by atoms with Crippen molar-refractivity contribution in [3.63, 3.8) is 0 Å². The number of rotatable bonds is 4. The molecule has 6 nitrogen and oxygen atoms in total. The summed E-state index contributed by atoms with van der Waals surface area (Å²) < 4.78 is 4.77. The quantitative estimate of drug-likeness (QED) is 0.572.